The van der Waals surface area contributed by atoms with Crippen molar-refractivity contribution in [3.63, 3.8) is 0 Å². The minimum atomic E-state index is -3.28. The molecule has 2 aromatic rings. The van der Waals surface area contributed by atoms with E-state index in [1.54, 1.807) is 35.6 Å². The van der Waals surface area contributed by atoms with Gasteiger partial charge in [0.05, 0.1) is 12.7 Å². The first-order valence-corrected chi connectivity index (χ1v) is 8.64. The van der Waals surface area contributed by atoms with Gasteiger partial charge >= 0.3 is 0 Å². The largest absolute Gasteiger partial charge is 0.326 e. The average Bonchev–Trinajstić information content (AvgIpc) is 2.82. The Hall–Kier alpha value is -1.86. The van der Waals surface area contributed by atoms with Gasteiger partial charge in [-0.2, -0.15) is 11.3 Å². The van der Waals surface area contributed by atoms with Crippen LogP contribution in [-0.4, -0.2) is 20.6 Å². The van der Waals surface area contributed by atoms with Crippen LogP contribution in [0.15, 0.2) is 41.1 Å². The first-order chi connectivity index (χ1) is 9.42. The van der Waals surface area contributed by atoms with Gasteiger partial charge in [0.25, 0.3) is 0 Å². The second kappa shape index (κ2) is 6.06. The van der Waals surface area contributed by atoms with Crippen molar-refractivity contribution in [3.05, 3.63) is 46.7 Å². The summed E-state index contributed by atoms with van der Waals surface area (Å²) in [5.41, 5.74) is 2.07. The number of carbonyl (C=O) groups is 1. The van der Waals surface area contributed by atoms with Gasteiger partial charge in [0.15, 0.2) is 0 Å². The Morgan fingerprint density at radius 1 is 1.15 bits per heavy atom. The molecular formula is C13H14N2O3S2. The minimum absolute atomic E-state index is 0.104. The van der Waals surface area contributed by atoms with E-state index in [4.69, 9.17) is 0 Å². The van der Waals surface area contributed by atoms with Crippen LogP contribution >= 0.6 is 11.3 Å². The molecule has 2 rings (SSSR count). The Bertz CT molecular complexity index is 677. The third kappa shape index (κ3) is 4.67. The number of hydrogen-bond donors (Lipinski definition) is 2. The van der Waals surface area contributed by atoms with Crippen LogP contribution in [0.25, 0.3) is 0 Å². The van der Waals surface area contributed by atoms with Crippen LogP contribution in [-0.2, 0) is 21.2 Å². The van der Waals surface area contributed by atoms with Crippen molar-refractivity contribution >= 4 is 38.6 Å². The van der Waals surface area contributed by atoms with Crippen LogP contribution in [0.4, 0.5) is 11.4 Å². The molecule has 0 aliphatic rings. The van der Waals surface area contributed by atoms with Crippen LogP contribution in [0, 0.1) is 0 Å². The Labute approximate surface area is 121 Å². The zero-order chi connectivity index (χ0) is 14.6. The first-order valence-electron chi connectivity index (χ1n) is 5.81. The molecule has 20 heavy (non-hydrogen) atoms. The summed E-state index contributed by atoms with van der Waals surface area (Å²) in [7, 11) is -3.28. The first kappa shape index (κ1) is 14.5. The number of thiophene rings is 1. The number of rotatable bonds is 5. The highest BCUT2D eigenvalue weighted by Crippen LogP contribution is 2.15. The van der Waals surface area contributed by atoms with Crippen molar-refractivity contribution in [1.82, 2.24) is 0 Å². The van der Waals surface area contributed by atoms with Crippen LogP contribution in [0.1, 0.15) is 5.56 Å². The lowest BCUT2D eigenvalue weighted by atomic mass is 10.2. The van der Waals surface area contributed by atoms with E-state index < -0.39 is 10.0 Å². The zero-order valence-corrected chi connectivity index (χ0v) is 12.4. The van der Waals surface area contributed by atoms with Crippen LogP contribution in [0.5, 0.6) is 0 Å². The molecule has 1 heterocycles. The second-order valence-corrected chi connectivity index (χ2v) is 6.84. The summed E-state index contributed by atoms with van der Waals surface area (Å²) >= 11 is 1.55. The molecule has 0 unspecified atom stereocenters. The van der Waals surface area contributed by atoms with E-state index in [9.17, 15) is 13.2 Å². The van der Waals surface area contributed by atoms with E-state index in [0.717, 1.165) is 11.8 Å². The molecule has 0 radical (unpaired) electrons. The standard InChI is InChI=1S/C13H14N2O3S2/c1-20(17,18)15-12-4-2-11(3-5-12)14-13(16)8-10-6-7-19-9-10/h2-7,9,15H,8H2,1H3,(H,14,16). The molecule has 106 valence electrons. The van der Waals surface area contributed by atoms with Gasteiger partial charge in [-0.15, -0.1) is 0 Å². The molecular weight excluding hydrogens is 296 g/mol. The van der Waals surface area contributed by atoms with E-state index in [-0.39, 0.29) is 5.91 Å². The minimum Gasteiger partial charge on any atom is -0.326 e. The number of hydrogen-bond acceptors (Lipinski definition) is 4. The van der Waals surface area contributed by atoms with E-state index in [1.165, 1.54) is 0 Å². The number of nitrogens with one attached hydrogen (secondary N) is 2. The predicted molar refractivity (Wildman–Crippen MR) is 81.6 cm³/mol. The van der Waals surface area contributed by atoms with E-state index >= 15 is 0 Å². The summed E-state index contributed by atoms with van der Waals surface area (Å²) in [5.74, 6) is -0.104. The highest BCUT2D eigenvalue weighted by molar-refractivity contribution is 7.92. The molecule has 1 aromatic carbocycles. The summed E-state index contributed by atoms with van der Waals surface area (Å²) in [6.45, 7) is 0. The highest BCUT2D eigenvalue weighted by Gasteiger charge is 2.05. The monoisotopic (exact) mass is 310 g/mol. The molecule has 0 fully saturated rings. The lowest BCUT2D eigenvalue weighted by Gasteiger charge is -2.07. The van der Waals surface area contributed by atoms with Gasteiger partial charge < -0.3 is 5.32 Å². The highest BCUT2D eigenvalue weighted by atomic mass is 32.2. The van der Waals surface area contributed by atoms with Crippen molar-refractivity contribution in [1.29, 1.82) is 0 Å². The van der Waals surface area contributed by atoms with Gasteiger partial charge in [0.1, 0.15) is 0 Å². The maximum Gasteiger partial charge on any atom is 0.229 e. The van der Waals surface area contributed by atoms with Gasteiger partial charge in [0, 0.05) is 11.4 Å². The SMILES string of the molecule is CS(=O)(=O)Nc1ccc(NC(=O)Cc2ccsc2)cc1. The van der Waals surface area contributed by atoms with Gasteiger partial charge in [0.2, 0.25) is 15.9 Å². The maximum atomic E-state index is 11.8. The normalized spacial score (nSPS) is 11.1. The number of sulfonamides is 1. The summed E-state index contributed by atoms with van der Waals surface area (Å²) < 4.78 is 24.5. The Kier molecular flexibility index (Phi) is 4.41. The third-order valence-corrected chi connectivity index (χ3v) is 3.76. The third-order valence-electron chi connectivity index (χ3n) is 2.42. The summed E-state index contributed by atoms with van der Waals surface area (Å²) in [5, 5.41) is 6.61. The Balaban J connectivity index is 1.95. The van der Waals surface area contributed by atoms with E-state index in [0.29, 0.717) is 17.8 Å². The lowest BCUT2D eigenvalue weighted by Crippen LogP contribution is -2.14. The van der Waals surface area contributed by atoms with Crippen molar-refractivity contribution < 1.29 is 13.2 Å². The molecule has 1 amide bonds. The van der Waals surface area contributed by atoms with Gasteiger partial charge in [-0.25, -0.2) is 8.42 Å². The number of anilines is 2. The smallest absolute Gasteiger partial charge is 0.229 e. The Morgan fingerprint density at radius 2 is 1.80 bits per heavy atom. The number of benzene rings is 1. The fourth-order valence-electron chi connectivity index (χ4n) is 1.62. The molecule has 7 heteroatoms. The van der Waals surface area contributed by atoms with Gasteiger partial charge in [-0.3, -0.25) is 9.52 Å². The molecule has 0 aliphatic carbocycles. The van der Waals surface area contributed by atoms with Crippen molar-refractivity contribution in [2.24, 2.45) is 0 Å². The second-order valence-electron chi connectivity index (χ2n) is 4.31. The summed E-state index contributed by atoms with van der Waals surface area (Å²) in [4.78, 5) is 11.8. The van der Waals surface area contributed by atoms with Gasteiger partial charge in [-0.05, 0) is 46.7 Å². The van der Waals surface area contributed by atoms with Gasteiger partial charge in [-0.1, -0.05) is 0 Å². The summed E-state index contributed by atoms with van der Waals surface area (Å²) in [6.07, 6.45) is 1.41. The fourth-order valence-corrected chi connectivity index (χ4v) is 2.85. The van der Waals surface area contributed by atoms with E-state index in [1.807, 2.05) is 16.8 Å². The molecule has 0 atom stereocenters. The molecule has 0 spiro atoms. The molecule has 0 saturated heterocycles. The molecule has 1 aromatic heterocycles. The fraction of sp³-hybridized carbons (Fsp3) is 0.154. The van der Waals surface area contributed by atoms with Crippen LogP contribution in [0.2, 0.25) is 0 Å². The van der Waals surface area contributed by atoms with Crippen LogP contribution in [0.3, 0.4) is 0 Å². The topological polar surface area (TPSA) is 75.3 Å². The van der Waals surface area contributed by atoms with E-state index in [2.05, 4.69) is 10.0 Å². The molecule has 5 nitrogen and oxygen atoms in total. The average molecular weight is 310 g/mol. The quantitative estimate of drug-likeness (QED) is 0.890. The number of amides is 1. The number of carbonyl (C=O) groups excluding carboxylic acids is 1. The zero-order valence-electron chi connectivity index (χ0n) is 10.8. The summed E-state index contributed by atoms with van der Waals surface area (Å²) in [6, 6.07) is 8.41. The predicted octanol–water partition coefficient (Wildman–Crippen LogP) is 2.30. The van der Waals surface area contributed by atoms with Crippen molar-refractivity contribution in [2.75, 3.05) is 16.3 Å². The Morgan fingerprint density at radius 3 is 2.35 bits per heavy atom. The van der Waals surface area contributed by atoms with Crippen LogP contribution < -0.4 is 10.0 Å². The molecule has 0 saturated carbocycles. The van der Waals surface area contributed by atoms with Crippen molar-refractivity contribution in [3.8, 4) is 0 Å². The molecule has 0 aliphatic heterocycles. The van der Waals surface area contributed by atoms with Crippen molar-refractivity contribution in [2.45, 2.75) is 6.42 Å². The lowest BCUT2D eigenvalue weighted by molar-refractivity contribution is -0.115. The molecule has 0 bridgehead atoms. The molecule has 2 N–H and O–H groups in total. The maximum absolute atomic E-state index is 11.8.